The maximum atomic E-state index is 13.1. The summed E-state index contributed by atoms with van der Waals surface area (Å²) in [6.07, 6.45) is 0.0888. The van der Waals surface area contributed by atoms with Crippen LogP contribution in [-0.4, -0.2) is 30.3 Å². The zero-order valence-corrected chi connectivity index (χ0v) is 10.1. The maximum absolute atomic E-state index is 13.1. The van der Waals surface area contributed by atoms with E-state index in [1.165, 1.54) is 7.05 Å². The van der Waals surface area contributed by atoms with Gasteiger partial charge in [-0.1, -0.05) is 0 Å². The van der Waals surface area contributed by atoms with Crippen LogP contribution in [0.1, 0.15) is 16.8 Å². The molecule has 0 unspecified atom stereocenters. The van der Waals surface area contributed by atoms with Crippen LogP contribution in [0.15, 0.2) is 18.2 Å². The Hall–Kier alpha value is -2.51. The fourth-order valence-electron chi connectivity index (χ4n) is 1.31. The third-order valence-corrected chi connectivity index (χ3v) is 2.32. The summed E-state index contributed by atoms with van der Waals surface area (Å²) < 4.78 is 13.1. The molecule has 7 nitrogen and oxygen atoms in total. The second-order valence-corrected chi connectivity index (χ2v) is 3.60. The van der Waals surface area contributed by atoms with E-state index in [2.05, 4.69) is 10.6 Å². The molecule has 19 heavy (non-hydrogen) atoms. The van der Waals surface area contributed by atoms with Gasteiger partial charge in [-0.3, -0.25) is 19.7 Å². The van der Waals surface area contributed by atoms with E-state index < -0.39 is 22.3 Å². The summed E-state index contributed by atoms with van der Waals surface area (Å²) >= 11 is 0. The van der Waals surface area contributed by atoms with Crippen molar-refractivity contribution >= 4 is 17.5 Å². The summed E-state index contributed by atoms with van der Waals surface area (Å²) in [6.45, 7) is 0.0870. The molecule has 0 aliphatic carbocycles. The number of halogens is 1. The highest BCUT2D eigenvalue weighted by Gasteiger charge is 2.17. The van der Waals surface area contributed by atoms with Gasteiger partial charge in [-0.15, -0.1) is 0 Å². The van der Waals surface area contributed by atoms with Crippen molar-refractivity contribution in [3.63, 3.8) is 0 Å². The Morgan fingerprint density at radius 1 is 1.42 bits per heavy atom. The molecule has 0 aliphatic heterocycles. The van der Waals surface area contributed by atoms with Crippen molar-refractivity contribution in [2.45, 2.75) is 6.42 Å². The summed E-state index contributed by atoms with van der Waals surface area (Å²) in [5.74, 6) is -1.86. The van der Waals surface area contributed by atoms with Gasteiger partial charge in [0.2, 0.25) is 11.7 Å². The number of benzene rings is 1. The fourth-order valence-corrected chi connectivity index (χ4v) is 1.31. The second kappa shape index (κ2) is 6.43. The van der Waals surface area contributed by atoms with Crippen molar-refractivity contribution in [2.75, 3.05) is 13.6 Å². The Labute approximate surface area is 107 Å². The van der Waals surface area contributed by atoms with Crippen molar-refractivity contribution < 1.29 is 18.9 Å². The van der Waals surface area contributed by atoms with Crippen molar-refractivity contribution in [3.8, 4) is 0 Å². The first-order valence-corrected chi connectivity index (χ1v) is 5.38. The zero-order chi connectivity index (χ0) is 14.4. The highest BCUT2D eigenvalue weighted by molar-refractivity contribution is 5.95. The Bertz CT molecular complexity index is 519. The van der Waals surface area contributed by atoms with E-state index >= 15 is 0 Å². The van der Waals surface area contributed by atoms with Crippen molar-refractivity contribution in [2.24, 2.45) is 0 Å². The van der Waals surface area contributed by atoms with Crippen LogP contribution in [0, 0.1) is 15.9 Å². The van der Waals surface area contributed by atoms with Gasteiger partial charge in [-0.2, -0.15) is 4.39 Å². The normalized spacial score (nSPS) is 9.79. The van der Waals surface area contributed by atoms with Crippen LogP contribution < -0.4 is 10.6 Å². The largest absolute Gasteiger partial charge is 0.359 e. The molecule has 8 heteroatoms. The van der Waals surface area contributed by atoms with Crippen LogP contribution >= 0.6 is 0 Å². The Balaban J connectivity index is 2.70. The molecule has 0 atom stereocenters. The molecule has 0 radical (unpaired) electrons. The predicted octanol–water partition coefficient (Wildman–Crippen LogP) is 0.600. The molecule has 0 aromatic heterocycles. The highest BCUT2D eigenvalue weighted by Crippen LogP contribution is 2.18. The molecule has 2 amide bonds. The number of carbonyl (C=O) groups is 2. The lowest BCUT2D eigenvalue weighted by atomic mass is 10.2. The van der Waals surface area contributed by atoms with Gasteiger partial charge >= 0.3 is 5.69 Å². The standard InChI is InChI=1S/C11H12FN3O4/c1-13-10(16)4-5-14-11(17)7-2-3-8(12)9(6-7)15(18)19/h2-3,6H,4-5H2,1H3,(H,13,16)(H,14,17). The Kier molecular flexibility index (Phi) is 4.92. The van der Waals surface area contributed by atoms with Crippen LogP contribution in [0.25, 0.3) is 0 Å². The summed E-state index contributed by atoms with van der Waals surface area (Å²) in [4.78, 5) is 32.1. The molecule has 0 heterocycles. The first-order valence-electron chi connectivity index (χ1n) is 5.38. The van der Waals surface area contributed by atoms with E-state index in [0.29, 0.717) is 0 Å². The van der Waals surface area contributed by atoms with Crippen molar-refractivity contribution in [1.82, 2.24) is 10.6 Å². The van der Waals surface area contributed by atoms with Crippen LogP contribution in [0.2, 0.25) is 0 Å². The lowest BCUT2D eigenvalue weighted by Crippen LogP contribution is -2.29. The van der Waals surface area contributed by atoms with E-state index in [0.717, 1.165) is 18.2 Å². The molecule has 0 aliphatic rings. The van der Waals surface area contributed by atoms with Crippen LogP contribution in [0.4, 0.5) is 10.1 Å². The zero-order valence-electron chi connectivity index (χ0n) is 10.1. The first kappa shape index (κ1) is 14.6. The van der Waals surface area contributed by atoms with E-state index in [1.54, 1.807) is 0 Å². The van der Waals surface area contributed by atoms with Gasteiger partial charge in [0.15, 0.2) is 0 Å². The Morgan fingerprint density at radius 2 is 2.11 bits per heavy atom. The number of nitrogens with zero attached hydrogens (tertiary/aromatic N) is 1. The second-order valence-electron chi connectivity index (χ2n) is 3.60. The predicted molar refractivity (Wildman–Crippen MR) is 64.1 cm³/mol. The average Bonchev–Trinajstić information content (AvgIpc) is 2.38. The van der Waals surface area contributed by atoms with Crippen LogP contribution in [0.5, 0.6) is 0 Å². The SMILES string of the molecule is CNC(=O)CCNC(=O)c1ccc(F)c([N+](=O)[O-])c1. The maximum Gasteiger partial charge on any atom is 0.305 e. The van der Waals surface area contributed by atoms with Gasteiger partial charge < -0.3 is 10.6 Å². The number of nitro groups is 1. The van der Waals surface area contributed by atoms with Crippen molar-refractivity contribution in [3.05, 3.63) is 39.7 Å². The summed E-state index contributed by atoms with van der Waals surface area (Å²) in [5, 5.41) is 15.3. The quantitative estimate of drug-likeness (QED) is 0.603. The monoisotopic (exact) mass is 269 g/mol. The number of amides is 2. The third kappa shape index (κ3) is 4.02. The first-order chi connectivity index (χ1) is 8.95. The van der Waals surface area contributed by atoms with E-state index in [9.17, 15) is 24.1 Å². The van der Waals surface area contributed by atoms with Gasteiger partial charge in [0.05, 0.1) is 4.92 Å². The molecule has 1 aromatic carbocycles. The molecule has 1 aromatic rings. The highest BCUT2D eigenvalue weighted by atomic mass is 19.1. The number of hydrogen-bond acceptors (Lipinski definition) is 4. The number of carbonyl (C=O) groups excluding carboxylic acids is 2. The topological polar surface area (TPSA) is 101 Å². The third-order valence-electron chi connectivity index (χ3n) is 2.32. The molecule has 2 N–H and O–H groups in total. The molecular weight excluding hydrogens is 257 g/mol. The minimum absolute atomic E-state index is 0.0370. The van der Waals surface area contributed by atoms with E-state index in [-0.39, 0.29) is 24.4 Å². The van der Waals surface area contributed by atoms with Gasteiger partial charge in [0.25, 0.3) is 5.91 Å². The molecule has 1 rings (SSSR count). The lowest BCUT2D eigenvalue weighted by molar-refractivity contribution is -0.387. The average molecular weight is 269 g/mol. The van der Waals surface area contributed by atoms with Gasteiger partial charge in [0, 0.05) is 31.6 Å². The molecule has 0 saturated heterocycles. The molecule has 102 valence electrons. The number of nitro benzene ring substituents is 1. The van der Waals surface area contributed by atoms with Gasteiger partial charge in [0.1, 0.15) is 0 Å². The molecule has 0 saturated carbocycles. The summed E-state index contributed by atoms with van der Waals surface area (Å²) in [7, 11) is 1.47. The molecular formula is C11H12FN3O4. The fraction of sp³-hybridized carbons (Fsp3) is 0.273. The van der Waals surface area contributed by atoms with Gasteiger partial charge in [-0.25, -0.2) is 0 Å². The molecule has 0 fully saturated rings. The minimum Gasteiger partial charge on any atom is -0.359 e. The number of hydrogen-bond donors (Lipinski definition) is 2. The lowest BCUT2D eigenvalue weighted by Gasteiger charge is -2.04. The van der Waals surface area contributed by atoms with Crippen LogP contribution in [-0.2, 0) is 4.79 Å². The number of nitrogens with one attached hydrogen (secondary N) is 2. The van der Waals surface area contributed by atoms with E-state index in [1.807, 2.05) is 0 Å². The van der Waals surface area contributed by atoms with Crippen molar-refractivity contribution in [1.29, 1.82) is 0 Å². The summed E-state index contributed by atoms with van der Waals surface area (Å²) in [5.41, 5.74) is -0.802. The van der Waals surface area contributed by atoms with Gasteiger partial charge in [-0.05, 0) is 12.1 Å². The molecule has 0 bridgehead atoms. The smallest absolute Gasteiger partial charge is 0.305 e. The Morgan fingerprint density at radius 3 is 2.68 bits per heavy atom. The molecule has 0 spiro atoms. The number of rotatable bonds is 5. The van der Waals surface area contributed by atoms with Crippen LogP contribution in [0.3, 0.4) is 0 Å². The summed E-state index contributed by atoms with van der Waals surface area (Å²) in [6, 6.07) is 2.84. The van der Waals surface area contributed by atoms with E-state index in [4.69, 9.17) is 0 Å². The minimum atomic E-state index is -1.01.